The number of anilines is 3. The summed E-state index contributed by atoms with van der Waals surface area (Å²) >= 11 is 0. The number of likely N-dealkylation sites (tertiary alicyclic amines) is 2. The predicted octanol–water partition coefficient (Wildman–Crippen LogP) is 3.23. The van der Waals surface area contributed by atoms with E-state index in [0.717, 1.165) is 105 Å². The minimum atomic E-state index is -0.155. The standard InChI is InChI=1S/C29H36N6O3/c1-4-5-26(36)35-17-22(18-35)33-10-7-21(8-11-33)23-16-24-28(19(2)31-23)38-20(3)27-25(6-9-30-29(27)32-24)34-12-14-37-15-13-34/h6,9,16,20-22H,7-8,10-15,17-18H2,1-3H3,(H,30,32)/t20-/m1/s1. The van der Waals surface area contributed by atoms with E-state index in [1.807, 2.05) is 18.0 Å². The number of piperidine rings is 1. The molecule has 0 aliphatic carbocycles. The molecule has 0 spiro atoms. The van der Waals surface area contributed by atoms with Gasteiger partial charge in [-0.2, -0.15) is 0 Å². The van der Waals surface area contributed by atoms with Gasteiger partial charge in [0.1, 0.15) is 11.9 Å². The fourth-order valence-electron chi connectivity index (χ4n) is 6.14. The average molecular weight is 517 g/mol. The molecule has 6 heterocycles. The van der Waals surface area contributed by atoms with E-state index in [-0.39, 0.29) is 12.0 Å². The van der Waals surface area contributed by atoms with Crippen LogP contribution < -0.4 is 15.0 Å². The third-order valence-electron chi connectivity index (χ3n) is 8.28. The Kier molecular flexibility index (Phi) is 6.85. The van der Waals surface area contributed by atoms with Crippen molar-refractivity contribution in [2.24, 2.45) is 0 Å². The maximum absolute atomic E-state index is 12.0. The van der Waals surface area contributed by atoms with Crippen molar-refractivity contribution in [3.05, 3.63) is 35.3 Å². The predicted molar refractivity (Wildman–Crippen MR) is 146 cm³/mol. The van der Waals surface area contributed by atoms with E-state index in [1.54, 1.807) is 6.92 Å². The fraction of sp³-hybridized carbons (Fsp3) is 0.552. The number of rotatable bonds is 3. The quantitative estimate of drug-likeness (QED) is 0.623. The molecule has 9 nitrogen and oxygen atoms in total. The molecule has 38 heavy (non-hydrogen) atoms. The molecule has 1 atom stereocenters. The number of nitrogens with one attached hydrogen (secondary N) is 1. The van der Waals surface area contributed by atoms with E-state index in [1.165, 1.54) is 0 Å². The SMILES string of the molecule is CC#CC(=O)N1CC(N2CCC(c3cc4c(c(C)n3)O[C@H](C)c3c(N5CCOCC5)ccnc3N4)CC2)C1. The Bertz CT molecular complexity index is 1270. The summed E-state index contributed by atoms with van der Waals surface area (Å²) in [5, 5.41) is 3.61. The number of amides is 1. The molecule has 6 rings (SSSR count). The molecule has 2 aromatic heterocycles. The highest BCUT2D eigenvalue weighted by Gasteiger charge is 2.37. The summed E-state index contributed by atoms with van der Waals surface area (Å²) in [7, 11) is 0. The van der Waals surface area contributed by atoms with Crippen molar-refractivity contribution in [2.75, 3.05) is 62.7 Å². The van der Waals surface area contributed by atoms with Crippen molar-refractivity contribution in [3.8, 4) is 17.6 Å². The van der Waals surface area contributed by atoms with Crippen molar-refractivity contribution in [3.63, 3.8) is 0 Å². The number of hydrogen-bond acceptors (Lipinski definition) is 8. The van der Waals surface area contributed by atoms with Crippen molar-refractivity contribution in [1.82, 2.24) is 19.8 Å². The number of aromatic nitrogens is 2. The Morgan fingerprint density at radius 3 is 2.66 bits per heavy atom. The Labute approximate surface area is 224 Å². The lowest BCUT2D eigenvalue weighted by Crippen LogP contribution is -2.61. The fourth-order valence-corrected chi connectivity index (χ4v) is 6.14. The second-order valence-corrected chi connectivity index (χ2v) is 10.6. The number of carbonyl (C=O) groups is 1. The van der Waals surface area contributed by atoms with Crippen LogP contribution >= 0.6 is 0 Å². The van der Waals surface area contributed by atoms with Gasteiger partial charge in [0.25, 0.3) is 5.91 Å². The summed E-state index contributed by atoms with van der Waals surface area (Å²) in [4.78, 5) is 28.4. The summed E-state index contributed by atoms with van der Waals surface area (Å²) in [5.74, 6) is 7.35. The van der Waals surface area contributed by atoms with Crippen molar-refractivity contribution >= 4 is 23.1 Å². The normalized spacial score (nSPS) is 22.1. The molecule has 1 amide bonds. The third kappa shape index (κ3) is 4.67. The maximum atomic E-state index is 12.0. The highest BCUT2D eigenvalue weighted by Crippen LogP contribution is 2.44. The lowest BCUT2D eigenvalue weighted by atomic mass is 9.90. The molecule has 200 valence electrons. The van der Waals surface area contributed by atoms with Gasteiger partial charge in [0.2, 0.25) is 0 Å². The first-order valence-corrected chi connectivity index (χ1v) is 13.7. The van der Waals surface area contributed by atoms with Gasteiger partial charge in [-0.3, -0.25) is 14.7 Å². The first-order valence-electron chi connectivity index (χ1n) is 13.7. The van der Waals surface area contributed by atoms with Gasteiger partial charge in [-0.15, -0.1) is 0 Å². The Morgan fingerprint density at radius 2 is 1.92 bits per heavy atom. The first-order chi connectivity index (χ1) is 18.5. The number of ether oxygens (including phenoxy) is 2. The molecule has 0 radical (unpaired) electrons. The molecule has 4 aliphatic rings. The Morgan fingerprint density at radius 1 is 1.16 bits per heavy atom. The van der Waals surface area contributed by atoms with Gasteiger partial charge in [0.15, 0.2) is 5.75 Å². The van der Waals surface area contributed by atoms with E-state index in [9.17, 15) is 4.79 Å². The highest BCUT2D eigenvalue weighted by molar-refractivity contribution is 5.94. The molecular formula is C29H36N6O3. The van der Waals surface area contributed by atoms with Crippen LogP contribution in [0.15, 0.2) is 18.3 Å². The van der Waals surface area contributed by atoms with Gasteiger partial charge in [-0.25, -0.2) is 4.98 Å². The summed E-state index contributed by atoms with van der Waals surface area (Å²) in [6.45, 7) is 12.6. The van der Waals surface area contributed by atoms with Crippen LogP contribution in [0.25, 0.3) is 0 Å². The molecule has 2 aromatic rings. The van der Waals surface area contributed by atoms with E-state index in [4.69, 9.17) is 19.4 Å². The lowest BCUT2D eigenvalue weighted by molar-refractivity contribution is -0.132. The van der Waals surface area contributed by atoms with Gasteiger partial charge in [0, 0.05) is 55.7 Å². The lowest BCUT2D eigenvalue weighted by Gasteiger charge is -2.47. The van der Waals surface area contributed by atoms with Gasteiger partial charge in [-0.05, 0) is 64.8 Å². The van der Waals surface area contributed by atoms with Gasteiger partial charge >= 0.3 is 0 Å². The van der Waals surface area contributed by atoms with E-state index in [2.05, 4.69) is 46.0 Å². The van der Waals surface area contributed by atoms with Crippen LogP contribution in [0.3, 0.4) is 0 Å². The van der Waals surface area contributed by atoms with Gasteiger partial charge in [0.05, 0.1) is 30.2 Å². The highest BCUT2D eigenvalue weighted by atomic mass is 16.5. The summed E-state index contributed by atoms with van der Waals surface area (Å²) < 4.78 is 12.1. The molecule has 4 aliphatic heterocycles. The molecule has 9 heteroatoms. The van der Waals surface area contributed by atoms with Crippen LogP contribution in [-0.2, 0) is 9.53 Å². The van der Waals surface area contributed by atoms with E-state index >= 15 is 0 Å². The maximum Gasteiger partial charge on any atom is 0.298 e. The number of fused-ring (bicyclic) bond motifs is 2. The zero-order valence-electron chi connectivity index (χ0n) is 22.5. The van der Waals surface area contributed by atoms with Crippen LogP contribution in [0.4, 0.5) is 17.2 Å². The molecule has 0 unspecified atom stereocenters. The van der Waals surface area contributed by atoms with Gasteiger partial charge in [-0.1, -0.05) is 5.92 Å². The van der Waals surface area contributed by atoms with Crippen LogP contribution in [0.1, 0.15) is 55.7 Å². The number of aryl methyl sites for hydroxylation is 1. The molecule has 0 aromatic carbocycles. The number of carbonyl (C=O) groups excluding carboxylic acids is 1. The third-order valence-corrected chi connectivity index (χ3v) is 8.28. The zero-order valence-corrected chi connectivity index (χ0v) is 22.5. The van der Waals surface area contributed by atoms with E-state index < -0.39 is 0 Å². The Hall–Kier alpha value is -3.35. The monoisotopic (exact) mass is 516 g/mol. The molecule has 0 saturated carbocycles. The van der Waals surface area contributed by atoms with Crippen LogP contribution in [-0.4, -0.2) is 84.2 Å². The van der Waals surface area contributed by atoms with Crippen molar-refractivity contribution in [1.29, 1.82) is 0 Å². The van der Waals surface area contributed by atoms with Crippen LogP contribution in [0, 0.1) is 18.8 Å². The van der Waals surface area contributed by atoms with E-state index in [0.29, 0.717) is 12.0 Å². The zero-order chi connectivity index (χ0) is 26.2. The number of nitrogens with zero attached hydrogens (tertiary/aromatic N) is 5. The summed E-state index contributed by atoms with van der Waals surface area (Å²) in [6.07, 6.45) is 3.83. The molecule has 1 N–H and O–H groups in total. The molecular weight excluding hydrogens is 480 g/mol. The summed E-state index contributed by atoms with van der Waals surface area (Å²) in [6, 6.07) is 4.70. The molecule has 3 saturated heterocycles. The number of morpholine rings is 1. The van der Waals surface area contributed by atoms with Gasteiger partial charge < -0.3 is 24.6 Å². The summed E-state index contributed by atoms with van der Waals surface area (Å²) in [5.41, 5.74) is 5.20. The van der Waals surface area contributed by atoms with Crippen LogP contribution in [0.2, 0.25) is 0 Å². The van der Waals surface area contributed by atoms with Crippen LogP contribution in [0.5, 0.6) is 5.75 Å². The molecule has 0 bridgehead atoms. The largest absolute Gasteiger partial charge is 0.482 e. The number of hydrogen-bond donors (Lipinski definition) is 1. The Balaban J connectivity index is 1.17. The second kappa shape index (κ2) is 10.4. The smallest absolute Gasteiger partial charge is 0.298 e. The first kappa shape index (κ1) is 25.0. The van der Waals surface area contributed by atoms with Crippen molar-refractivity contribution < 1.29 is 14.3 Å². The second-order valence-electron chi connectivity index (χ2n) is 10.6. The molecule has 3 fully saturated rings. The minimum absolute atomic E-state index is 0.0551. The van der Waals surface area contributed by atoms with Crippen molar-refractivity contribution in [2.45, 2.75) is 51.7 Å². The number of pyridine rings is 2. The topological polar surface area (TPSA) is 83.1 Å². The average Bonchev–Trinajstić information content (AvgIpc) is 3.05. The minimum Gasteiger partial charge on any atom is -0.482 e.